The Kier molecular flexibility index (Phi) is 7.43. The molecule has 0 aromatic heterocycles. The third-order valence-electron chi connectivity index (χ3n) is 9.61. The minimum absolute atomic E-state index is 0.00278. The fourth-order valence-corrected chi connectivity index (χ4v) is 7.04. The van der Waals surface area contributed by atoms with Crippen LogP contribution in [0.2, 0.25) is 18.1 Å². The Balaban J connectivity index is 1.51. The molecular formula is C30H44FNOSi. The highest BCUT2D eigenvalue weighted by atomic mass is 28.4. The lowest BCUT2D eigenvalue weighted by molar-refractivity contribution is 0.119. The van der Waals surface area contributed by atoms with Crippen LogP contribution in [0.25, 0.3) is 0 Å². The van der Waals surface area contributed by atoms with E-state index in [1.54, 1.807) is 12.1 Å². The Hall–Kier alpha value is -1.49. The summed E-state index contributed by atoms with van der Waals surface area (Å²) in [5, 5.41) is -0.00278. The van der Waals surface area contributed by atoms with Gasteiger partial charge in [0.25, 0.3) is 0 Å². The van der Waals surface area contributed by atoms with Crippen LogP contribution in [0.4, 0.5) is 4.39 Å². The summed E-state index contributed by atoms with van der Waals surface area (Å²) >= 11 is 0. The Morgan fingerprint density at radius 3 is 2.09 bits per heavy atom. The van der Waals surface area contributed by atoms with Crippen molar-refractivity contribution < 1.29 is 9.19 Å². The first-order chi connectivity index (χ1) is 16.1. The van der Waals surface area contributed by atoms with E-state index in [1.165, 1.54) is 36.8 Å². The quantitative estimate of drug-likeness (QED) is 0.396. The van der Waals surface area contributed by atoms with Crippen LogP contribution < -0.4 is 0 Å². The number of rotatable bonds is 8. The van der Waals surface area contributed by atoms with Gasteiger partial charge < -0.3 is 9.70 Å². The van der Waals surface area contributed by atoms with E-state index >= 15 is 0 Å². The second-order valence-corrected chi connectivity index (χ2v) is 16.8. The van der Waals surface area contributed by atoms with Crippen LogP contribution in [0, 0.1) is 5.82 Å². The van der Waals surface area contributed by atoms with Crippen LogP contribution in [0.15, 0.2) is 54.6 Å². The predicted molar refractivity (Wildman–Crippen MR) is 143 cm³/mol. The topological polar surface area (TPSA) is 23.5 Å². The van der Waals surface area contributed by atoms with Gasteiger partial charge in [-0.2, -0.15) is 0 Å². The van der Waals surface area contributed by atoms with E-state index in [1.807, 2.05) is 6.07 Å². The zero-order chi connectivity index (χ0) is 24.5. The predicted octanol–water partition coefficient (Wildman–Crippen LogP) is 7.43. The maximum absolute atomic E-state index is 14.1. The summed E-state index contributed by atoms with van der Waals surface area (Å²) in [6.45, 7) is 11.9. The van der Waals surface area contributed by atoms with Gasteiger partial charge in [-0.05, 0) is 98.4 Å². The number of halogens is 1. The molecule has 0 radical (unpaired) electrons. The summed E-state index contributed by atoms with van der Waals surface area (Å²) in [5.74, 6) is -0.108. The largest absolute Gasteiger partial charge is 0.432 e. The van der Waals surface area contributed by atoms with Gasteiger partial charge in [-0.1, -0.05) is 69.2 Å². The van der Waals surface area contributed by atoms with Crippen molar-refractivity contribution in [1.29, 1.82) is 0 Å². The molecular weight excluding hydrogens is 437 g/mol. The van der Waals surface area contributed by atoms with Gasteiger partial charge in [-0.15, -0.1) is 0 Å². The zero-order valence-corrected chi connectivity index (χ0v) is 22.7. The molecule has 2 aromatic carbocycles. The number of hydrogen-bond donors (Lipinski definition) is 1. The molecule has 0 atom stereocenters. The average molecular weight is 482 g/mol. The highest BCUT2D eigenvalue weighted by molar-refractivity contribution is 6.72. The average Bonchev–Trinajstić information content (AvgIpc) is 3.28. The molecule has 0 spiro atoms. The van der Waals surface area contributed by atoms with Crippen LogP contribution in [0.1, 0.15) is 76.3 Å². The molecule has 1 saturated heterocycles. The summed E-state index contributed by atoms with van der Waals surface area (Å²) < 4.78 is 14.1. The monoisotopic (exact) mass is 481 g/mol. The molecule has 4 heteroatoms. The van der Waals surface area contributed by atoms with Gasteiger partial charge in [-0.3, -0.25) is 0 Å². The number of benzene rings is 2. The molecule has 0 unspecified atom stereocenters. The lowest BCUT2D eigenvalue weighted by Crippen LogP contribution is -2.48. The molecule has 2 aromatic rings. The van der Waals surface area contributed by atoms with Gasteiger partial charge in [0.15, 0.2) is 8.32 Å². The number of likely N-dealkylation sites (tertiary alicyclic amines) is 1. The minimum atomic E-state index is -2.23. The van der Waals surface area contributed by atoms with E-state index in [2.05, 4.69) is 68.2 Å². The molecule has 2 aliphatic rings. The molecule has 4 rings (SSSR count). The van der Waals surface area contributed by atoms with Gasteiger partial charge in [-0.25, -0.2) is 4.39 Å². The summed E-state index contributed by atoms with van der Waals surface area (Å²) in [6, 6.07) is 18.5. The van der Waals surface area contributed by atoms with Crippen LogP contribution >= 0.6 is 0 Å². The van der Waals surface area contributed by atoms with Gasteiger partial charge in [0.2, 0.25) is 0 Å². The van der Waals surface area contributed by atoms with Gasteiger partial charge in [0.05, 0.1) is 0 Å². The molecule has 1 aliphatic carbocycles. The van der Waals surface area contributed by atoms with Gasteiger partial charge in [0, 0.05) is 12.0 Å². The van der Waals surface area contributed by atoms with Crippen LogP contribution in [0.3, 0.4) is 0 Å². The Morgan fingerprint density at radius 2 is 1.50 bits per heavy atom. The Labute approximate surface area is 207 Å². The Bertz CT molecular complexity index is 938. The summed E-state index contributed by atoms with van der Waals surface area (Å²) in [5.41, 5.74) is 2.94. The summed E-state index contributed by atoms with van der Waals surface area (Å²) in [4.78, 5) is 13.6. The first-order valence-corrected chi connectivity index (χ1v) is 16.3. The van der Waals surface area contributed by atoms with Crippen molar-refractivity contribution in [2.75, 3.05) is 19.6 Å². The van der Waals surface area contributed by atoms with E-state index in [4.69, 9.17) is 0 Å². The van der Waals surface area contributed by atoms with Crippen LogP contribution in [-0.2, 0) is 10.8 Å². The molecule has 34 heavy (non-hydrogen) atoms. The van der Waals surface area contributed by atoms with Crippen molar-refractivity contribution in [3.63, 3.8) is 0 Å². The fraction of sp³-hybridized carbons (Fsp3) is 0.600. The van der Waals surface area contributed by atoms with Crippen molar-refractivity contribution >= 4 is 8.32 Å². The Morgan fingerprint density at radius 1 is 0.882 bits per heavy atom. The van der Waals surface area contributed by atoms with Crippen LogP contribution in [-0.4, -0.2) is 37.6 Å². The maximum Gasteiger partial charge on any atom is 0.188 e. The number of nitrogens with zero attached hydrogens (tertiary/aromatic N) is 1. The third kappa shape index (κ3) is 5.34. The lowest BCUT2D eigenvalue weighted by atomic mass is 9.68. The van der Waals surface area contributed by atoms with Crippen molar-refractivity contribution in [3.8, 4) is 0 Å². The third-order valence-corrected chi connectivity index (χ3v) is 13.2. The second kappa shape index (κ2) is 9.87. The summed E-state index contributed by atoms with van der Waals surface area (Å²) in [6.07, 6.45) is 9.32. The molecule has 2 nitrogen and oxygen atoms in total. The second-order valence-electron chi connectivity index (χ2n) is 12.4. The highest BCUT2D eigenvalue weighted by Crippen LogP contribution is 2.48. The van der Waals surface area contributed by atoms with E-state index in [9.17, 15) is 9.19 Å². The van der Waals surface area contributed by atoms with E-state index in [0.717, 1.165) is 45.3 Å². The first-order valence-electron chi connectivity index (χ1n) is 13.3. The van der Waals surface area contributed by atoms with Crippen molar-refractivity contribution in [2.45, 2.75) is 94.2 Å². The van der Waals surface area contributed by atoms with E-state index < -0.39 is 8.32 Å². The maximum atomic E-state index is 14.1. The van der Waals surface area contributed by atoms with Gasteiger partial charge >= 0.3 is 0 Å². The van der Waals surface area contributed by atoms with E-state index in [0.29, 0.717) is 0 Å². The summed E-state index contributed by atoms with van der Waals surface area (Å²) in [7, 11) is -2.23. The number of hydrogen-bond acceptors (Lipinski definition) is 2. The molecule has 1 heterocycles. The normalized spacial score (nSPS) is 21.0. The van der Waals surface area contributed by atoms with Crippen molar-refractivity contribution in [3.05, 3.63) is 71.5 Å². The zero-order valence-electron chi connectivity index (χ0n) is 21.7. The molecule has 186 valence electrons. The van der Waals surface area contributed by atoms with Crippen molar-refractivity contribution in [1.82, 2.24) is 4.90 Å². The van der Waals surface area contributed by atoms with E-state index in [-0.39, 0.29) is 21.7 Å². The lowest BCUT2D eigenvalue weighted by Gasteiger charge is -2.47. The molecule has 0 amide bonds. The van der Waals surface area contributed by atoms with Gasteiger partial charge in [0.1, 0.15) is 5.82 Å². The molecule has 1 saturated carbocycles. The highest BCUT2D eigenvalue weighted by Gasteiger charge is 2.44. The standard InChI is InChI=1S/C30H44FNOSi/c1-28(2,34(3,4)33)17-18-29(25-11-6-5-7-12-25)19-21-32(22-20-29)24-30(15-8-9-16-30)26-13-10-14-27(31)23-26/h5-7,10-14,23,33H,8-9,15-22,24H2,1-4H3. The fourth-order valence-electron chi connectivity index (χ4n) is 6.31. The minimum Gasteiger partial charge on any atom is -0.432 e. The molecule has 2 fully saturated rings. The number of piperidine rings is 1. The molecule has 1 N–H and O–H groups in total. The molecule has 0 bridgehead atoms. The smallest absolute Gasteiger partial charge is 0.188 e. The van der Waals surface area contributed by atoms with Crippen molar-refractivity contribution in [2.24, 2.45) is 0 Å². The SMILES string of the molecule is CC(C)(CCC1(c2ccccc2)CCN(CC2(c3cccc(F)c3)CCCC2)CC1)[Si](C)(C)O. The first kappa shape index (κ1) is 25.6. The van der Waals surface area contributed by atoms with Crippen LogP contribution in [0.5, 0.6) is 0 Å². The molecule has 1 aliphatic heterocycles.